The van der Waals surface area contributed by atoms with E-state index in [9.17, 15) is 0 Å². The summed E-state index contributed by atoms with van der Waals surface area (Å²) in [5.41, 5.74) is 0.949. The summed E-state index contributed by atoms with van der Waals surface area (Å²) in [6, 6.07) is 17.4. The highest BCUT2D eigenvalue weighted by molar-refractivity contribution is 5.58. The van der Waals surface area contributed by atoms with Crippen molar-refractivity contribution in [2.24, 2.45) is 0 Å². The smallest absolute Gasteiger partial charge is 0.134 e. The van der Waals surface area contributed by atoms with Crippen LogP contribution in [0, 0.1) is 0 Å². The Kier molecular flexibility index (Phi) is 7.06. The Morgan fingerprint density at radius 2 is 1.58 bits per heavy atom. The topological polar surface area (TPSA) is 29.5 Å². The SMILES string of the molecule is CC.OC/C=C/c1ccccc1Oc1ccccc1. The number of aliphatic hydroxyl groups is 1. The Labute approximate surface area is 115 Å². The van der Waals surface area contributed by atoms with E-state index in [0.29, 0.717) is 0 Å². The predicted octanol–water partition coefficient (Wildman–Crippen LogP) is 4.51. The number of hydrogen-bond acceptors (Lipinski definition) is 2. The van der Waals surface area contributed by atoms with Crippen LogP contribution >= 0.6 is 0 Å². The van der Waals surface area contributed by atoms with Gasteiger partial charge in [0.15, 0.2) is 0 Å². The number of rotatable bonds is 4. The molecule has 0 aliphatic rings. The van der Waals surface area contributed by atoms with Gasteiger partial charge in [-0.3, -0.25) is 0 Å². The van der Waals surface area contributed by atoms with Crippen LogP contribution in [0.1, 0.15) is 19.4 Å². The highest BCUT2D eigenvalue weighted by Crippen LogP contribution is 2.25. The third-order valence-electron chi connectivity index (χ3n) is 2.29. The third-order valence-corrected chi connectivity index (χ3v) is 2.29. The second kappa shape index (κ2) is 8.95. The van der Waals surface area contributed by atoms with Gasteiger partial charge in [-0.2, -0.15) is 0 Å². The molecule has 2 rings (SSSR count). The fourth-order valence-electron chi connectivity index (χ4n) is 1.51. The lowest BCUT2D eigenvalue weighted by Gasteiger charge is -2.08. The molecule has 2 aromatic carbocycles. The van der Waals surface area contributed by atoms with Crippen LogP contribution in [-0.2, 0) is 0 Å². The minimum absolute atomic E-state index is 0.0275. The number of para-hydroxylation sites is 2. The summed E-state index contributed by atoms with van der Waals surface area (Å²) < 4.78 is 5.77. The summed E-state index contributed by atoms with van der Waals surface area (Å²) in [7, 11) is 0. The molecule has 0 aromatic heterocycles. The van der Waals surface area contributed by atoms with Crippen molar-refractivity contribution in [2.45, 2.75) is 13.8 Å². The standard InChI is InChI=1S/C15H14O2.C2H6/c16-12-6-8-13-7-4-5-11-15(13)17-14-9-2-1-3-10-14;1-2/h1-11,16H,12H2;1-2H3/b8-6+;. The van der Waals surface area contributed by atoms with Crippen molar-refractivity contribution in [1.82, 2.24) is 0 Å². The van der Waals surface area contributed by atoms with Crippen LogP contribution in [0.2, 0.25) is 0 Å². The zero-order chi connectivity index (χ0) is 13.9. The van der Waals surface area contributed by atoms with Gasteiger partial charge in [-0.05, 0) is 18.2 Å². The Balaban J connectivity index is 0.000000861. The summed E-state index contributed by atoms with van der Waals surface area (Å²) in [4.78, 5) is 0. The maximum absolute atomic E-state index is 8.78. The minimum Gasteiger partial charge on any atom is -0.457 e. The van der Waals surface area contributed by atoms with E-state index in [4.69, 9.17) is 9.84 Å². The fraction of sp³-hybridized carbons (Fsp3) is 0.176. The van der Waals surface area contributed by atoms with Crippen LogP contribution < -0.4 is 4.74 Å². The molecule has 0 aliphatic carbocycles. The molecule has 0 aliphatic heterocycles. The van der Waals surface area contributed by atoms with Crippen LogP contribution in [0.5, 0.6) is 11.5 Å². The normalized spacial score (nSPS) is 9.84. The molecule has 0 amide bonds. The zero-order valence-corrected chi connectivity index (χ0v) is 11.4. The minimum atomic E-state index is 0.0275. The molecule has 0 fully saturated rings. The lowest BCUT2D eigenvalue weighted by Crippen LogP contribution is -1.87. The zero-order valence-electron chi connectivity index (χ0n) is 11.4. The highest BCUT2D eigenvalue weighted by Gasteiger charge is 2.00. The van der Waals surface area contributed by atoms with Gasteiger partial charge in [0, 0.05) is 5.56 Å². The van der Waals surface area contributed by atoms with E-state index in [1.165, 1.54) is 0 Å². The van der Waals surface area contributed by atoms with Crippen LogP contribution in [0.25, 0.3) is 6.08 Å². The van der Waals surface area contributed by atoms with E-state index in [1.807, 2.05) is 74.5 Å². The van der Waals surface area contributed by atoms with Crippen molar-refractivity contribution >= 4 is 6.08 Å². The average Bonchev–Trinajstić information content (AvgIpc) is 2.49. The van der Waals surface area contributed by atoms with Crippen molar-refractivity contribution in [3.63, 3.8) is 0 Å². The molecule has 0 bridgehead atoms. The molecule has 0 radical (unpaired) electrons. The van der Waals surface area contributed by atoms with E-state index in [1.54, 1.807) is 6.08 Å². The van der Waals surface area contributed by atoms with Crippen LogP contribution in [-0.4, -0.2) is 11.7 Å². The van der Waals surface area contributed by atoms with Gasteiger partial charge in [0.05, 0.1) is 6.61 Å². The maximum Gasteiger partial charge on any atom is 0.134 e. The summed E-state index contributed by atoms with van der Waals surface area (Å²) >= 11 is 0. The second-order valence-corrected chi connectivity index (χ2v) is 3.54. The second-order valence-electron chi connectivity index (χ2n) is 3.54. The first-order valence-corrected chi connectivity index (χ1v) is 6.49. The fourth-order valence-corrected chi connectivity index (χ4v) is 1.51. The van der Waals surface area contributed by atoms with Gasteiger partial charge in [-0.25, -0.2) is 0 Å². The lowest BCUT2D eigenvalue weighted by molar-refractivity contribution is 0.343. The molecule has 0 atom stereocenters. The first-order chi connectivity index (χ1) is 9.40. The quantitative estimate of drug-likeness (QED) is 0.872. The van der Waals surface area contributed by atoms with Crippen molar-refractivity contribution in [1.29, 1.82) is 0 Å². The van der Waals surface area contributed by atoms with E-state index < -0.39 is 0 Å². The first kappa shape index (κ1) is 15.0. The van der Waals surface area contributed by atoms with Gasteiger partial charge < -0.3 is 9.84 Å². The van der Waals surface area contributed by atoms with Crippen molar-refractivity contribution < 1.29 is 9.84 Å². The molecule has 0 saturated carbocycles. The Morgan fingerprint density at radius 3 is 2.26 bits per heavy atom. The molecule has 0 saturated heterocycles. The van der Waals surface area contributed by atoms with Crippen molar-refractivity contribution in [3.8, 4) is 11.5 Å². The average molecular weight is 256 g/mol. The van der Waals surface area contributed by atoms with Crippen LogP contribution in [0.3, 0.4) is 0 Å². The molecular formula is C17H20O2. The molecule has 0 heterocycles. The molecule has 2 aromatic rings. The molecule has 19 heavy (non-hydrogen) atoms. The van der Waals surface area contributed by atoms with E-state index >= 15 is 0 Å². The summed E-state index contributed by atoms with van der Waals surface area (Å²) in [5, 5.41) is 8.78. The van der Waals surface area contributed by atoms with Crippen molar-refractivity contribution in [2.75, 3.05) is 6.61 Å². The summed E-state index contributed by atoms with van der Waals surface area (Å²) in [6.45, 7) is 4.03. The Bertz CT molecular complexity index is 490. The van der Waals surface area contributed by atoms with Gasteiger partial charge in [0.1, 0.15) is 11.5 Å². The third kappa shape index (κ3) is 4.98. The van der Waals surface area contributed by atoms with Gasteiger partial charge in [-0.15, -0.1) is 0 Å². The number of hydrogen-bond donors (Lipinski definition) is 1. The Morgan fingerprint density at radius 1 is 0.947 bits per heavy atom. The molecular weight excluding hydrogens is 236 g/mol. The van der Waals surface area contributed by atoms with Crippen LogP contribution in [0.4, 0.5) is 0 Å². The maximum atomic E-state index is 8.78. The van der Waals surface area contributed by atoms with Crippen LogP contribution in [0.15, 0.2) is 60.7 Å². The molecule has 1 N–H and O–H groups in total. The number of aliphatic hydroxyl groups excluding tert-OH is 1. The monoisotopic (exact) mass is 256 g/mol. The predicted molar refractivity (Wildman–Crippen MR) is 80.4 cm³/mol. The van der Waals surface area contributed by atoms with Gasteiger partial charge in [-0.1, -0.05) is 62.4 Å². The molecule has 100 valence electrons. The molecule has 0 unspecified atom stereocenters. The largest absolute Gasteiger partial charge is 0.457 e. The highest BCUT2D eigenvalue weighted by atomic mass is 16.5. The van der Waals surface area contributed by atoms with E-state index in [2.05, 4.69) is 0 Å². The summed E-state index contributed by atoms with van der Waals surface area (Å²) in [6.07, 6.45) is 3.53. The Hall–Kier alpha value is -2.06. The number of benzene rings is 2. The first-order valence-electron chi connectivity index (χ1n) is 6.49. The summed E-state index contributed by atoms with van der Waals surface area (Å²) in [5.74, 6) is 1.58. The van der Waals surface area contributed by atoms with Gasteiger partial charge >= 0.3 is 0 Å². The van der Waals surface area contributed by atoms with E-state index in [-0.39, 0.29) is 6.61 Å². The molecule has 2 heteroatoms. The van der Waals surface area contributed by atoms with Crippen molar-refractivity contribution in [3.05, 3.63) is 66.2 Å². The van der Waals surface area contributed by atoms with Gasteiger partial charge in [0.2, 0.25) is 0 Å². The van der Waals surface area contributed by atoms with Gasteiger partial charge in [0.25, 0.3) is 0 Å². The molecule has 2 nitrogen and oxygen atoms in total. The molecule has 0 spiro atoms. The lowest BCUT2D eigenvalue weighted by atomic mass is 10.2. The van der Waals surface area contributed by atoms with E-state index in [0.717, 1.165) is 17.1 Å². The number of ether oxygens (including phenoxy) is 1.